The second kappa shape index (κ2) is 4.58. The van der Waals surface area contributed by atoms with Crippen LogP contribution in [0.2, 0.25) is 0 Å². The van der Waals surface area contributed by atoms with E-state index in [0.29, 0.717) is 6.54 Å². The molecular weight excluding hydrogens is 178 g/mol. The van der Waals surface area contributed by atoms with Gasteiger partial charge in [0.2, 0.25) is 0 Å². The van der Waals surface area contributed by atoms with Crippen LogP contribution in [0.25, 0.3) is 0 Å². The van der Waals surface area contributed by atoms with Gasteiger partial charge in [-0.1, -0.05) is 0 Å². The van der Waals surface area contributed by atoms with Crippen LogP contribution in [0.3, 0.4) is 0 Å². The van der Waals surface area contributed by atoms with Gasteiger partial charge >= 0.3 is 0 Å². The average Bonchev–Trinajstić information content (AvgIpc) is 2.16. The third-order valence-corrected chi connectivity index (χ3v) is 1.93. The highest BCUT2D eigenvalue weighted by Crippen LogP contribution is 1.90. The Morgan fingerprint density at radius 3 is 2.86 bits per heavy atom. The first kappa shape index (κ1) is 10.5. The van der Waals surface area contributed by atoms with Gasteiger partial charge in [0.25, 0.3) is 5.56 Å². The summed E-state index contributed by atoms with van der Waals surface area (Å²) < 4.78 is 1.55. The van der Waals surface area contributed by atoms with Crippen LogP contribution >= 0.6 is 0 Å². The minimum absolute atomic E-state index is 0.200. The second-order valence-corrected chi connectivity index (χ2v) is 3.34. The van der Waals surface area contributed by atoms with Crippen LogP contribution in [0, 0.1) is 11.3 Å². The molecule has 74 valence electrons. The summed E-state index contributed by atoms with van der Waals surface area (Å²) >= 11 is 0. The van der Waals surface area contributed by atoms with Gasteiger partial charge in [-0.25, -0.2) is 0 Å². The highest BCUT2D eigenvalue weighted by atomic mass is 16.1. The summed E-state index contributed by atoms with van der Waals surface area (Å²) in [6.45, 7) is 1.40. The van der Waals surface area contributed by atoms with Crippen LogP contribution in [0.15, 0.2) is 23.1 Å². The van der Waals surface area contributed by atoms with Crippen molar-refractivity contribution in [1.29, 1.82) is 5.26 Å². The van der Waals surface area contributed by atoms with Crippen molar-refractivity contribution in [3.63, 3.8) is 0 Å². The summed E-state index contributed by atoms with van der Waals surface area (Å²) in [4.78, 5) is 13.5. The van der Waals surface area contributed by atoms with Crippen molar-refractivity contribution in [2.45, 2.75) is 6.54 Å². The zero-order valence-corrected chi connectivity index (χ0v) is 8.40. The molecule has 0 aliphatic heterocycles. The number of hydrogen-bond acceptors (Lipinski definition) is 3. The van der Waals surface area contributed by atoms with Gasteiger partial charge in [0.15, 0.2) is 0 Å². The normalized spacial score (nSPS) is 10.1. The first-order chi connectivity index (χ1) is 6.65. The fourth-order valence-electron chi connectivity index (χ4n) is 1.11. The number of likely N-dealkylation sites (N-methyl/N-ethyl adjacent to an activating group) is 1. The highest BCUT2D eigenvalue weighted by Gasteiger charge is 2.01. The Labute approximate surface area is 83.0 Å². The lowest BCUT2D eigenvalue weighted by Gasteiger charge is -2.10. The predicted molar refractivity (Wildman–Crippen MR) is 54.0 cm³/mol. The van der Waals surface area contributed by atoms with Crippen LogP contribution in [-0.4, -0.2) is 30.1 Å². The van der Waals surface area contributed by atoms with Gasteiger partial charge < -0.3 is 9.47 Å². The van der Waals surface area contributed by atoms with E-state index in [9.17, 15) is 4.79 Å². The van der Waals surface area contributed by atoms with E-state index in [2.05, 4.69) is 0 Å². The molecule has 0 bridgehead atoms. The maximum absolute atomic E-state index is 11.5. The van der Waals surface area contributed by atoms with E-state index in [-0.39, 0.29) is 11.1 Å². The van der Waals surface area contributed by atoms with Crippen molar-refractivity contribution < 1.29 is 0 Å². The molecule has 0 aromatic carbocycles. The molecular formula is C10H13N3O. The Hall–Kier alpha value is -1.60. The van der Waals surface area contributed by atoms with E-state index in [4.69, 9.17) is 5.26 Å². The van der Waals surface area contributed by atoms with Gasteiger partial charge in [-0.2, -0.15) is 5.26 Å². The SMILES string of the molecule is CN(C)CCn1cccc(C#N)c1=O. The Morgan fingerprint density at radius 2 is 2.29 bits per heavy atom. The van der Waals surface area contributed by atoms with E-state index in [1.165, 1.54) is 6.07 Å². The summed E-state index contributed by atoms with van der Waals surface area (Å²) in [6.07, 6.45) is 1.70. The van der Waals surface area contributed by atoms with Gasteiger partial charge in [0.05, 0.1) is 0 Å². The Kier molecular flexibility index (Phi) is 3.43. The topological polar surface area (TPSA) is 49.0 Å². The second-order valence-electron chi connectivity index (χ2n) is 3.34. The smallest absolute Gasteiger partial charge is 0.268 e. The lowest BCUT2D eigenvalue weighted by atomic mass is 10.3. The lowest BCUT2D eigenvalue weighted by molar-refractivity contribution is 0.381. The van der Waals surface area contributed by atoms with Gasteiger partial charge in [0, 0.05) is 19.3 Å². The number of pyridine rings is 1. The van der Waals surface area contributed by atoms with Crippen molar-refractivity contribution in [3.05, 3.63) is 34.2 Å². The minimum atomic E-state index is -0.211. The fourth-order valence-corrected chi connectivity index (χ4v) is 1.11. The maximum atomic E-state index is 11.5. The van der Waals surface area contributed by atoms with E-state index in [1.54, 1.807) is 16.8 Å². The van der Waals surface area contributed by atoms with E-state index >= 15 is 0 Å². The van der Waals surface area contributed by atoms with Crippen molar-refractivity contribution in [2.75, 3.05) is 20.6 Å². The first-order valence-electron chi connectivity index (χ1n) is 4.39. The van der Waals surface area contributed by atoms with Gasteiger partial charge in [-0.3, -0.25) is 4.79 Å². The Bertz CT molecular complexity index is 401. The Morgan fingerprint density at radius 1 is 1.57 bits per heavy atom. The summed E-state index contributed by atoms with van der Waals surface area (Å²) in [7, 11) is 3.89. The summed E-state index contributed by atoms with van der Waals surface area (Å²) in [6, 6.07) is 5.13. The molecule has 0 unspecified atom stereocenters. The van der Waals surface area contributed by atoms with Crippen molar-refractivity contribution in [3.8, 4) is 6.07 Å². The zero-order valence-electron chi connectivity index (χ0n) is 8.40. The molecule has 1 rings (SSSR count). The number of aromatic nitrogens is 1. The number of nitriles is 1. The third-order valence-electron chi connectivity index (χ3n) is 1.93. The molecule has 0 N–H and O–H groups in total. The molecule has 0 aliphatic rings. The third kappa shape index (κ3) is 2.44. The molecule has 0 radical (unpaired) electrons. The summed E-state index contributed by atoms with van der Waals surface area (Å²) in [5.41, 5.74) is -0.0110. The van der Waals surface area contributed by atoms with Crippen molar-refractivity contribution >= 4 is 0 Å². The highest BCUT2D eigenvalue weighted by molar-refractivity contribution is 5.24. The van der Waals surface area contributed by atoms with E-state index < -0.39 is 0 Å². The standard InChI is InChI=1S/C10H13N3O/c1-12(2)6-7-13-5-3-4-9(8-11)10(13)14/h3-5H,6-7H2,1-2H3. The average molecular weight is 191 g/mol. The zero-order chi connectivity index (χ0) is 10.6. The van der Waals surface area contributed by atoms with Crippen molar-refractivity contribution in [2.24, 2.45) is 0 Å². The quantitative estimate of drug-likeness (QED) is 0.689. The number of nitrogens with zero attached hydrogens (tertiary/aromatic N) is 3. The monoisotopic (exact) mass is 191 g/mol. The largest absolute Gasteiger partial charge is 0.313 e. The van der Waals surface area contributed by atoms with Crippen LogP contribution in [0.1, 0.15) is 5.56 Å². The fraction of sp³-hybridized carbons (Fsp3) is 0.400. The van der Waals surface area contributed by atoms with Crippen LogP contribution in [0.4, 0.5) is 0 Å². The van der Waals surface area contributed by atoms with Crippen LogP contribution < -0.4 is 5.56 Å². The Balaban J connectivity index is 2.89. The molecule has 1 aromatic rings. The molecule has 0 saturated carbocycles. The van der Waals surface area contributed by atoms with Crippen LogP contribution in [0.5, 0.6) is 0 Å². The molecule has 0 saturated heterocycles. The summed E-state index contributed by atoms with van der Waals surface area (Å²) in [5, 5.41) is 8.65. The molecule has 0 spiro atoms. The van der Waals surface area contributed by atoms with E-state index in [0.717, 1.165) is 6.54 Å². The number of rotatable bonds is 3. The molecule has 0 amide bonds. The van der Waals surface area contributed by atoms with Crippen molar-refractivity contribution in [1.82, 2.24) is 9.47 Å². The van der Waals surface area contributed by atoms with Gasteiger partial charge in [0.1, 0.15) is 11.6 Å². The van der Waals surface area contributed by atoms with Gasteiger partial charge in [-0.15, -0.1) is 0 Å². The molecule has 14 heavy (non-hydrogen) atoms. The molecule has 0 aliphatic carbocycles. The maximum Gasteiger partial charge on any atom is 0.268 e. The molecule has 4 nitrogen and oxygen atoms in total. The molecule has 0 fully saturated rings. The predicted octanol–water partition coefficient (Wildman–Crippen LogP) is 0.282. The molecule has 1 heterocycles. The molecule has 1 aromatic heterocycles. The number of hydrogen-bond donors (Lipinski definition) is 0. The molecule has 4 heteroatoms. The molecule has 0 atom stereocenters. The van der Waals surface area contributed by atoms with Gasteiger partial charge in [-0.05, 0) is 26.2 Å². The minimum Gasteiger partial charge on any atom is -0.313 e. The van der Waals surface area contributed by atoms with E-state index in [1.807, 2.05) is 25.1 Å². The van der Waals surface area contributed by atoms with Crippen LogP contribution in [-0.2, 0) is 6.54 Å². The lowest BCUT2D eigenvalue weighted by Crippen LogP contribution is -2.27. The summed E-state index contributed by atoms with van der Waals surface area (Å²) in [5.74, 6) is 0. The first-order valence-corrected chi connectivity index (χ1v) is 4.39.